The molecule has 0 bridgehead atoms. The second-order valence-corrected chi connectivity index (χ2v) is 21.3. The van der Waals surface area contributed by atoms with E-state index in [9.17, 15) is 5.11 Å². The van der Waals surface area contributed by atoms with Crippen molar-refractivity contribution in [1.29, 1.82) is 0 Å². The summed E-state index contributed by atoms with van der Waals surface area (Å²) in [5, 5.41) is 13.2. The summed E-state index contributed by atoms with van der Waals surface area (Å²) in [6.45, 7) is 9.53. The Morgan fingerprint density at radius 3 is 1.07 bits per heavy atom. The van der Waals surface area contributed by atoms with Crippen LogP contribution < -0.4 is 0 Å². The molecule has 0 aromatic heterocycles. The molecule has 3 fully saturated rings. The molecule has 7 aromatic rings. The van der Waals surface area contributed by atoms with E-state index in [0.717, 1.165) is 38.9 Å². The van der Waals surface area contributed by atoms with Gasteiger partial charge in [0.15, 0.2) is 18.9 Å². The number of rotatable bonds is 29. The molecule has 0 saturated carbocycles. The predicted octanol–water partition coefficient (Wildman–Crippen LogP) is 11.3. The van der Waals surface area contributed by atoms with Crippen molar-refractivity contribution in [1.82, 2.24) is 0 Å². The molecule has 84 heavy (non-hydrogen) atoms. The average Bonchev–Trinajstić information content (AvgIpc) is 3.43. The molecule has 14 heteroatoms. The van der Waals surface area contributed by atoms with Gasteiger partial charge in [-0.05, 0) is 52.8 Å². The molecule has 1 N–H and O–H groups in total. The molecule has 0 aliphatic carbocycles. The monoisotopic (exact) mass is 1140 g/mol. The third kappa shape index (κ3) is 17.0. The summed E-state index contributed by atoms with van der Waals surface area (Å²) in [5.41, 5.74) is 6.63. The highest BCUT2D eigenvalue weighted by Crippen LogP contribution is 2.38. The van der Waals surface area contributed by atoms with Crippen LogP contribution in [0.25, 0.3) is 0 Å². The number of hydrogen-bond acceptors (Lipinski definition) is 14. The van der Waals surface area contributed by atoms with Gasteiger partial charge in [0, 0.05) is 0 Å². The molecule has 0 unspecified atom stereocenters. The number of ether oxygens (including phenoxy) is 13. The SMILES string of the molecule is C=CCO[C@@H]1O[C@@H](C)[C@H](OCc2ccccc2)[C@@H](OCc2ccccc2)[C@H]1O[C@@H]1O[C@@H](C)[C@H](OCc2ccccc2)[C@@H](O[C@@H]2O[C@H](COCc3ccccc3)[C@@H](OCc3ccccc3)[C@H](OCc3ccccc3)[C@H]2OCc2ccccc2)[C@H]1O. The highest BCUT2D eigenvalue weighted by molar-refractivity contribution is 5.19. The zero-order chi connectivity index (χ0) is 57.7. The van der Waals surface area contributed by atoms with Gasteiger partial charge in [0.25, 0.3) is 0 Å². The lowest BCUT2D eigenvalue weighted by molar-refractivity contribution is -0.391. The van der Waals surface area contributed by atoms with Crippen LogP contribution in [0, 0.1) is 0 Å². The molecule has 3 heterocycles. The normalized spacial score (nSPS) is 27.9. The molecule has 10 rings (SSSR count). The third-order valence-corrected chi connectivity index (χ3v) is 15.1. The third-order valence-electron chi connectivity index (χ3n) is 15.1. The van der Waals surface area contributed by atoms with E-state index in [4.69, 9.17) is 61.6 Å². The van der Waals surface area contributed by atoms with Crippen molar-refractivity contribution in [3.05, 3.63) is 264 Å². The minimum atomic E-state index is -1.54. The van der Waals surface area contributed by atoms with Crippen molar-refractivity contribution >= 4 is 0 Å². The fraction of sp³-hybridized carbons (Fsp3) is 0.371. The summed E-state index contributed by atoms with van der Waals surface area (Å²) in [5.74, 6) is 0. The molecule has 14 nitrogen and oxygen atoms in total. The van der Waals surface area contributed by atoms with Gasteiger partial charge in [-0.25, -0.2) is 0 Å². The lowest BCUT2D eigenvalue weighted by atomic mass is 9.95. The minimum Gasteiger partial charge on any atom is -0.385 e. The molecule has 0 amide bonds. The highest BCUT2D eigenvalue weighted by Gasteiger charge is 2.56. The summed E-state index contributed by atoms with van der Waals surface area (Å²) >= 11 is 0. The van der Waals surface area contributed by atoms with E-state index in [0.29, 0.717) is 6.61 Å². The minimum absolute atomic E-state index is 0.0846. The zero-order valence-corrected chi connectivity index (χ0v) is 47.8. The van der Waals surface area contributed by atoms with Gasteiger partial charge in [0.1, 0.15) is 61.0 Å². The van der Waals surface area contributed by atoms with E-state index in [1.165, 1.54) is 0 Å². The Hall–Kier alpha value is -6.28. The molecular formula is C70H78O14. The number of benzene rings is 7. The second kappa shape index (κ2) is 31.7. The van der Waals surface area contributed by atoms with Crippen molar-refractivity contribution in [2.24, 2.45) is 0 Å². The molecule has 7 aromatic carbocycles. The van der Waals surface area contributed by atoms with Crippen molar-refractivity contribution in [2.75, 3.05) is 13.2 Å². The van der Waals surface area contributed by atoms with Gasteiger partial charge in [0.2, 0.25) is 0 Å². The Bertz CT molecular complexity index is 2930. The number of aliphatic hydroxyl groups excluding tert-OH is 1. The topological polar surface area (TPSA) is 140 Å². The van der Waals surface area contributed by atoms with Gasteiger partial charge >= 0.3 is 0 Å². The Morgan fingerprint density at radius 1 is 0.345 bits per heavy atom. The van der Waals surface area contributed by atoms with E-state index in [1.54, 1.807) is 6.08 Å². The van der Waals surface area contributed by atoms with Crippen LogP contribution in [0.4, 0.5) is 0 Å². The van der Waals surface area contributed by atoms with Gasteiger partial charge in [-0.2, -0.15) is 0 Å². The maximum absolute atomic E-state index is 13.2. The Kier molecular flexibility index (Phi) is 23.0. The van der Waals surface area contributed by atoms with E-state index in [1.807, 2.05) is 226 Å². The second-order valence-electron chi connectivity index (χ2n) is 21.3. The summed E-state index contributed by atoms with van der Waals surface area (Å²) in [4.78, 5) is 0. The fourth-order valence-electron chi connectivity index (χ4n) is 10.8. The highest BCUT2D eigenvalue weighted by atomic mass is 16.8. The first-order valence-electron chi connectivity index (χ1n) is 29.1. The Morgan fingerprint density at radius 2 is 0.667 bits per heavy atom. The molecule has 3 aliphatic rings. The lowest BCUT2D eigenvalue weighted by Gasteiger charge is -2.50. The van der Waals surface area contributed by atoms with Gasteiger partial charge in [0.05, 0.1) is 71.7 Å². The van der Waals surface area contributed by atoms with Gasteiger partial charge in [-0.1, -0.05) is 218 Å². The van der Waals surface area contributed by atoms with Crippen LogP contribution in [0.1, 0.15) is 52.8 Å². The molecular weight excluding hydrogens is 1060 g/mol. The first-order chi connectivity index (χ1) is 41.4. The van der Waals surface area contributed by atoms with Crippen LogP contribution in [0.2, 0.25) is 0 Å². The average molecular weight is 1140 g/mol. The number of aliphatic hydroxyl groups is 1. The fourth-order valence-corrected chi connectivity index (χ4v) is 10.8. The van der Waals surface area contributed by atoms with Gasteiger partial charge in [-0.15, -0.1) is 6.58 Å². The molecule has 15 atom stereocenters. The van der Waals surface area contributed by atoms with Crippen LogP contribution in [-0.2, 0) is 108 Å². The molecule has 3 aliphatic heterocycles. The molecule has 0 radical (unpaired) electrons. The molecule has 3 saturated heterocycles. The first-order valence-corrected chi connectivity index (χ1v) is 29.1. The maximum Gasteiger partial charge on any atom is 0.187 e. The first kappa shape index (κ1) is 60.8. The van der Waals surface area contributed by atoms with E-state index in [2.05, 4.69) is 6.58 Å². The van der Waals surface area contributed by atoms with Crippen LogP contribution in [0.5, 0.6) is 0 Å². The van der Waals surface area contributed by atoms with Crippen LogP contribution in [0.3, 0.4) is 0 Å². The number of hydrogen-bond donors (Lipinski definition) is 1. The summed E-state index contributed by atoms with van der Waals surface area (Å²) in [6, 6.07) is 69.4. The molecule has 442 valence electrons. The van der Waals surface area contributed by atoms with Crippen molar-refractivity contribution in [2.45, 2.75) is 152 Å². The maximum atomic E-state index is 13.2. The zero-order valence-electron chi connectivity index (χ0n) is 47.8. The summed E-state index contributed by atoms with van der Waals surface area (Å²) in [7, 11) is 0. The van der Waals surface area contributed by atoms with Crippen LogP contribution in [0.15, 0.2) is 225 Å². The smallest absolute Gasteiger partial charge is 0.187 e. The summed E-state index contributed by atoms with van der Waals surface area (Å²) in [6.07, 6.45) is -12.7. The Balaban J connectivity index is 1.01. The van der Waals surface area contributed by atoms with E-state index in [-0.39, 0.29) is 52.9 Å². The van der Waals surface area contributed by atoms with Gasteiger partial charge < -0.3 is 66.7 Å². The van der Waals surface area contributed by atoms with E-state index >= 15 is 0 Å². The Labute approximate surface area is 494 Å². The van der Waals surface area contributed by atoms with Crippen molar-refractivity contribution < 1.29 is 66.7 Å². The summed E-state index contributed by atoms with van der Waals surface area (Å²) < 4.78 is 89.6. The van der Waals surface area contributed by atoms with Crippen molar-refractivity contribution in [3.8, 4) is 0 Å². The van der Waals surface area contributed by atoms with E-state index < -0.39 is 92.1 Å². The predicted molar refractivity (Wildman–Crippen MR) is 315 cm³/mol. The van der Waals surface area contributed by atoms with Gasteiger partial charge in [-0.3, -0.25) is 0 Å². The van der Waals surface area contributed by atoms with Crippen LogP contribution >= 0.6 is 0 Å². The largest absolute Gasteiger partial charge is 0.385 e. The molecule has 0 spiro atoms. The van der Waals surface area contributed by atoms with Crippen molar-refractivity contribution in [3.63, 3.8) is 0 Å². The standard InChI is InChI=1S/C70H78O14/c1-4-40-73-69-67(64(77-45-55-34-20-9-21-35-55)61(50(3)81-69)75-43-53-30-16-7-17-31-53)84-68-59(71)63(60(49(2)80-68)74-42-52-28-14-6-15-29-52)83-70-66(79-47-57-38-24-11-25-39-57)65(78-46-56-36-22-10-23-37-56)62(76-44-54-32-18-8-19-33-54)58(82-70)48-72-41-51-26-12-5-13-27-51/h4-39,49-50,58-71H,1,40-48H2,2-3H3/t49-,50-,58+,59+,60-,61-,62+,63-,64+,65-,66+,67+,68-,69+,70-/m0/s1. The van der Waals surface area contributed by atoms with Crippen LogP contribution in [-0.4, -0.2) is 110 Å². The quantitative estimate of drug-likeness (QED) is 0.0445. The lowest BCUT2D eigenvalue weighted by Crippen LogP contribution is -2.67.